The van der Waals surface area contributed by atoms with Crippen LogP contribution in [0.5, 0.6) is 5.75 Å². The van der Waals surface area contributed by atoms with Gasteiger partial charge < -0.3 is 19.9 Å². The van der Waals surface area contributed by atoms with Gasteiger partial charge in [-0.1, -0.05) is 6.07 Å². The van der Waals surface area contributed by atoms with Crippen molar-refractivity contribution in [3.05, 3.63) is 36.7 Å². The number of methoxy groups -OCH3 is 1. The molecule has 1 aromatic heterocycles. The maximum absolute atomic E-state index is 12.7. The molecular formula is C21H27N5O2S. The molecule has 0 unspecified atom stereocenters. The number of amides is 1. The fourth-order valence-corrected chi connectivity index (χ4v) is 4.69. The van der Waals surface area contributed by atoms with E-state index in [-0.39, 0.29) is 11.8 Å². The molecule has 0 saturated carbocycles. The number of hydrogen-bond donors (Lipinski definition) is 1. The molecule has 1 amide bonds. The molecule has 0 spiro atoms. The number of nitrogens with one attached hydrogen (secondary N) is 1. The normalized spacial score (nSPS) is 17.8. The maximum Gasteiger partial charge on any atom is 0.227 e. The highest BCUT2D eigenvalue weighted by atomic mass is 32.2. The predicted molar refractivity (Wildman–Crippen MR) is 118 cm³/mol. The van der Waals surface area contributed by atoms with Gasteiger partial charge in [0.05, 0.1) is 7.11 Å². The Hall–Kier alpha value is -2.48. The summed E-state index contributed by atoms with van der Waals surface area (Å²) in [4.78, 5) is 26.2. The van der Waals surface area contributed by atoms with Crippen LogP contribution in [0.15, 0.2) is 36.7 Å². The van der Waals surface area contributed by atoms with Gasteiger partial charge >= 0.3 is 0 Å². The summed E-state index contributed by atoms with van der Waals surface area (Å²) in [5.74, 6) is 5.09. The lowest BCUT2D eigenvalue weighted by Gasteiger charge is -2.33. The third-order valence-corrected chi connectivity index (χ3v) is 6.44. The van der Waals surface area contributed by atoms with Crippen LogP contribution in [0.4, 0.5) is 17.3 Å². The van der Waals surface area contributed by atoms with Gasteiger partial charge in [-0.25, -0.2) is 9.97 Å². The Kier molecular flexibility index (Phi) is 6.39. The zero-order chi connectivity index (χ0) is 20.1. The van der Waals surface area contributed by atoms with Gasteiger partial charge in [0.25, 0.3) is 0 Å². The van der Waals surface area contributed by atoms with Crippen molar-refractivity contribution in [2.75, 3.05) is 59.9 Å². The Balaban J connectivity index is 1.33. The summed E-state index contributed by atoms with van der Waals surface area (Å²) >= 11 is 1.99. The van der Waals surface area contributed by atoms with Crippen molar-refractivity contribution in [3.63, 3.8) is 0 Å². The van der Waals surface area contributed by atoms with Gasteiger partial charge in [0.2, 0.25) is 5.91 Å². The van der Waals surface area contributed by atoms with E-state index in [0.29, 0.717) is 0 Å². The number of anilines is 3. The summed E-state index contributed by atoms with van der Waals surface area (Å²) < 4.78 is 5.22. The number of benzene rings is 1. The molecule has 1 N–H and O–H groups in total. The first-order valence-corrected chi connectivity index (χ1v) is 11.2. The largest absolute Gasteiger partial charge is 0.497 e. The molecule has 29 heavy (non-hydrogen) atoms. The first-order chi connectivity index (χ1) is 14.2. The van der Waals surface area contributed by atoms with Crippen LogP contribution in [0, 0.1) is 5.92 Å². The molecule has 0 radical (unpaired) electrons. The molecular weight excluding hydrogens is 386 g/mol. The summed E-state index contributed by atoms with van der Waals surface area (Å²) in [5.41, 5.74) is 0.775. The number of aromatic nitrogens is 2. The molecule has 0 aliphatic carbocycles. The van der Waals surface area contributed by atoms with E-state index < -0.39 is 0 Å². The van der Waals surface area contributed by atoms with Crippen molar-refractivity contribution in [3.8, 4) is 5.75 Å². The van der Waals surface area contributed by atoms with E-state index in [9.17, 15) is 4.79 Å². The van der Waals surface area contributed by atoms with Gasteiger partial charge in [-0.15, -0.1) is 0 Å². The molecule has 2 aliphatic rings. The highest BCUT2D eigenvalue weighted by molar-refractivity contribution is 7.99. The Bertz CT molecular complexity index is 835. The van der Waals surface area contributed by atoms with Crippen LogP contribution in [-0.2, 0) is 4.79 Å². The summed E-state index contributed by atoms with van der Waals surface area (Å²) in [6.07, 6.45) is 3.29. The van der Waals surface area contributed by atoms with Crippen LogP contribution in [0.3, 0.4) is 0 Å². The third-order valence-electron chi connectivity index (χ3n) is 5.50. The zero-order valence-electron chi connectivity index (χ0n) is 16.7. The molecule has 2 aliphatic heterocycles. The zero-order valence-corrected chi connectivity index (χ0v) is 17.5. The van der Waals surface area contributed by atoms with Crippen molar-refractivity contribution in [1.82, 2.24) is 9.97 Å². The Labute approximate surface area is 175 Å². The van der Waals surface area contributed by atoms with Crippen molar-refractivity contribution in [1.29, 1.82) is 0 Å². The number of nitrogens with zero attached hydrogens (tertiary/aromatic N) is 4. The van der Waals surface area contributed by atoms with E-state index in [1.54, 1.807) is 13.4 Å². The topological polar surface area (TPSA) is 70.6 Å². The molecule has 2 saturated heterocycles. The number of piperidine rings is 1. The summed E-state index contributed by atoms with van der Waals surface area (Å²) in [7, 11) is 1.62. The van der Waals surface area contributed by atoms with Crippen LogP contribution < -0.4 is 19.9 Å². The van der Waals surface area contributed by atoms with E-state index >= 15 is 0 Å². The molecule has 7 nitrogen and oxygen atoms in total. The first-order valence-electron chi connectivity index (χ1n) is 10.1. The molecule has 2 aromatic rings. The maximum atomic E-state index is 12.7. The Morgan fingerprint density at radius 2 is 1.76 bits per heavy atom. The molecule has 3 heterocycles. The molecule has 0 bridgehead atoms. The van der Waals surface area contributed by atoms with E-state index in [1.807, 2.05) is 36.0 Å². The molecule has 0 atom stereocenters. The Morgan fingerprint density at radius 1 is 1.07 bits per heavy atom. The number of ether oxygens (including phenoxy) is 1. The lowest BCUT2D eigenvalue weighted by molar-refractivity contribution is -0.120. The van der Waals surface area contributed by atoms with Crippen molar-refractivity contribution < 1.29 is 9.53 Å². The average molecular weight is 414 g/mol. The highest BCUT2D eigenvalue weighted by Crippen LogP contribution is 2.26. The van der Waals surface area contributed by atoms with Crippen molar-refractivity contribution >= 4 is 35.0 Å². The standard InChI is InChI=1S/C21H27N5O2S/c1-28-18-4-2-3-17(13-18)24-21(27)16-5-7-25(8-6-16)19-14-20(23-15-22-19)26-9-11-29-12-10-26/h2-4,13-16H,5-12H2,1H3,(H,24,27). The number of carbonyl (C=O) groups is 1. The van der Waals surface area contributed by atoms with Crippen LogP contribution in [0.2, 0.25) is 0 Å². The summed E-state index contributed by atoms with van der Waals surface area (Å²) in [5, 5.41) is 3.02. The van der Waals surface area contributed by atoms with E-state index in [4.69, 9.17) is 4.74 Å². The number of hydrogen-bond acceptors (Lipinski definition) is 7. The number of carbonyl (C=O) groups excluding carboxylic acids is 1. The lowest BCUT2D eigenvalue weighted by Crippen LogP contribution is -2.39. The summed E-state index contributed by atoms with van der Waals surface area (Å²) in [6.45, 7) is 3.71. The minimum atomic E-state index is 0.0119. The quantitative estimate of drug-likeness (QED) is 0.808. The van der Waals surface area contributed by atoms with E-state index in [0.717, 1.165) is 73.6 Å². The second-order valence-corrected chi connectivity index (χ2v) is 8.54. The lowest BCUT2D eigenvalue weighted by atomic mass is 9.96. The van der Waals surface area contributed by atoms with Gasteiger partial charge in [-0.2, -0.15) is 11.8 Å². The van der Waals surface area contributed by atoms with Gasteiger partial charge in [-0.3, -0.25) is 4.79 Å². The van der Waals surface area contributed by atoms with Crippen LogP contribution in [0.25, 0.3) is 0 Å². The van der Waals surface area contributed by atoms with E-state index in [2.05, 4.69) is 31.2 Å². The van der Waals surface area contributed by atoms with Gasteiger partial charge in [-0.05, 0) is 25.0 Å². The SMILES string of the molecule is COc1cccc(NC(=O)C2CCN(c3cc(N4CCSCC4)ncn3)CC2)c1. The molecule has 154 valence electrons. The van der Waals surface area contributed by atoms with Gasteiger partial charge in [0.15, 0.2) is 0 Å². The van der Waals surface area contributed by atoms with Crippen molar-refractivity contribution in [2.45, 2.75) is 12.8 Å². The summed E-state index contributed by atoms with van der Waals surface area (Å²) in [6, 6.07) is 9.57. The number of rotatable bonds is 5. The molecule has 2 fully saturated rings. The highest BCUT2D eigenvalue weighted by Gasteiger charge is 2.26. The fraction of sp³-hybridized carbons (Fsp3) is 0.476. The number of thioether (sulfide) groups is 1. The Morgan fingerprint density at radius 3 is 2.45 bits per heavy atom. The second kappa shape index (κ2) is 9.35. The van der Waals surface area contributed by atoms with Gasteiger partial charge in [0.1, 0.15) is 23.7 Å². The molecule has 4 rings (SSSR count). The first kappa shape index (κ1) is 19.8. The van der Waals surface area contributed by atoms with Crippen LogP contribution in [0.1, 0.15) is 12.8 Å². The average Bonchev–Trinajstić information content (AvgIpc) is 2.80. The monoisotopic (exact) mass is 413 g/mol. The predicted octanol–water partition coefficient (Wildman–Crippen LogP) is 2.89. The van der Waals surface area contributed by atoms with E-state index in [1.165, 1.54) is 0 Å². The smallest absolute Gasteiger partial charge is 0.227 e. The third kappa shape index (κ3) is 4.93. The van der Waals surface area contributed by atoms with Crippen molar-refractivity contribution in [2.24, 2.45) is 5.92 Å². The minimum absolute atomic E-state index is 0.0119. The van der Waals surface area contributed by atoms with Gasteiger partial charge in [0, 0.05) is 61.4 Å². The van der Waals surface area contributed by atoms with Crippen LogP contribution in [-0.4, -0.2) is 60.7 Å². The fourth-order valence-electron chi connectivity index (χ4n) is 3.79. The molecule has 8 heteroatoms. The van der Waals surface area contributed by atoms with Crippen LogP contribution >= 0.6 is 11.8 Å². The molecule has 1 aromatic carbocycles. The second-order valence-electron chi connectivity index (χ2n) is 7.32. The minimum Gasteiger partial charge on any atom is -0.497 e.